The summed E-state index contributed by atoms with van der Waals surface area (Å²) in [6.07, 6.45) is 1.12. The van der Waals surface area contributed by atoms with Crippen LogP contribution in [-0.4, -0.2) is 19.2 Å². The number of hydrogen-bond donors (Lipinski definition) is 0. The number of hydrogen-bond acceptors (Lipinski definition) is 3. The van der Waals surface area contributed by atoms with Crippen LogP contribution in [0.15, 0.2) is 18.2 Å². The van der Waals surface area contributed by atoms with Gasteiger partial charge in [0.05, 0.1) is 12.7 Å². The van der Waals surface area contributed by atoms with Gasteiger partial charge in [0, 0.05) is 12.0 Å². The topological polar surface area (TPSA) is 43.4 Å². The predicted octanol–water partition coefficient (Wildman–Crippen LogP) is 2.10. The van der Waals surface area contributed by atoms with Gasteiger partial charge >= 0.3 is 0 Å². The van der Waals surface area contributed by atoms with E-state index < -0.39 is 0 Å². The van der Waals surface area contributed by atoms with Crippen molar-refractivity contribution >= 4 is 12.1 Å². The van der Waals surface area contributed by atoms with Crippen LogP contribution in [0.4, 0.5) is 0 Å². The van der Waals surface area contributed by atoms with Gasteiger partial charge in [-0.05, 0) is 18.2 Å². The minimum Gasteiger partial charge on any atom is -0.496 e. The third-order valence-corrected chi connectivity index (χ3v) is 2.00. The number of aldehydes is 1. The lowest BCUT2D eigenvalue weighted by atomic mass is 10.1. The molecule has 0 spiro atoms. The highest BCUT2D eigenvalue weighted by Crippen LogP contribution is 2.18. The van der Waals surface area contributed by atoms with Gasteiger partial charge in [0.15, 0.2) is 12.1 Å². The average Bonchev–Trinajstić information content (AvgIpc) is 2.26. The number of benzene rings is 1. The Morgan fingerprint density at radius 1 is 1.50 bits per heavy atom. The fraction of sp³-hybridized carbons (Fsp3) is 0.273. The molecule has 0 aliphatic rings. The van der Waals surface area contributed by atoms with Crippen LogP contribution in [0, 0.1) is 0 Å². The molecule has 1 aromatic carbocycles. The van der Waals surface area contributed by atoms with E-state index in [0.717, 1.165) is 0 Å². The number of methoxy groups -OCH3 is 1. The molecule has 0 aromatic heterocycles. The van der Waals surface area contributed by atoms with E-state index in [2.05, 4.69) is 0 Å². The molecular formula is C11H12O3. The van der Waals surface area contributed by atoms with Crippen LogP contribution in [-0.2, 0) is 0 Å². The number of rotatable bonds is 4. The predicted molar refractivity (Wildman–Crippen MR) is 53.0 cm³/mol. The van der Waals surface area contributed by atoms with E-state index in [0.29, 0.717) is 29.6 Å². The van der Waals surface area contributed by atoms with E-state index in [1.54, 1.807) is 25.1 Å². The SMILES string of the molecule is CCC(=O)c1ccc(OC)c(C=O)c1. The molecule has 74 valence electrons. The Morgan fingerprint density at radius 3 is 2.71 bits per heavy atom. The van der Waals surface area contributed by atoms with Gasteiger partial charge in [-0.2, -0.15) is 0 Å². The summed E-state index contributed by atoms with van der Waals surface area (Å²) in [6, 6.07) is 4.85. The van der Waals surface area contributed by atoms with Crippen LogP contribution in [0.3, 0.4) is 0 Å². The van der Waals surface area contributed by atoms with Gasteiger partial charge in [-0.1, -0.05) is 6.92 Å². The van der Waals surface area contributed by atoms with Crippen LogP contribution < -0.4 is 4.74 Å². The van der Waals surface area contributed by atoms with Crippen LogP contribution in [0.1, 0.15) is 34.1 Å². The number of Topliss-reactive ketones (excluding diaryl/α,β-unsaturated/α-hetero) is 1. The Labute approximate surface area is 82.7 Å². The molecule has 0 amide bonds. The van der Waals surface area contributed by atoms with E-state index in [1.807, 2.05) is 0 Å². The quantitative estimate of drug-likeness (QED) is 0.542. The summed E-state index contributed by atoms with van der Waals surface area (Å²) < 4.78 is 4.96. The van der Waals surface area contributed by atoms with Gasteiger partial charge in [-0.3, -0.25) is 9.59 Å². The van der Waals surface area contributed by atoms with E-state index in [4.69, 9.17) is 4.74 Å². The molecule has 3 nitrogen and oxygen atoms in total. The molecule has 3 heteroatoms. The van der Waals surface area contributed by atoms with Crippen molar-refractivity contribution in [3.05, 3.63) is 29.3 Å². The fourth-order valence-corrected chi connectivity index (χ4v) is 1.20. The van der Waals surface area contributed by atoms with Gasteiger partial charge in [0.25, 0.3) is 0 Å². The fourth-order valence-electron chi connectivity index (χ4n) is 1.20. The van der Waals surface area contributed by atoms with Crippen molar-refractivity contribution in [2.45, 2.75) is 13.3 Å². The zero-order valence-corrected chi connectivity index (χ0v) is 8.24. The minimum absolute atomic E-state index is 0.0238. The minimum atomic E-state index is 0.0238. The van der Waals surface area contributed by atoms with Crippen molar-refractivity contribution in [2.75, 3.05) is 7.11 Å². The zero-order chi connectivity index (χ0) is 10.6. The molecule has 0 atom stereocenters. The first-order valence-electron chi connectivity index (χ1n) is 4.39. The number of carbonyl (C=O) groups excluding carboxylic acids is 2. The Kier molecular flexibility index (Phi) is 3.40. The van der Waals surface area contributed by atoms with Crippen molar-refractivity contribution < 1.29 is 14.3 Å². The molecule has 0 unspecified atom stereocenters. The van der Waals surface area contributed by atoms with Crippen LogP contribution in [0.2, 0.25) is 0 Å². The molecule has 0 saturated carbocycles. The Balaban J connectivity index is 3.13. The van der Waals surface area contributed by atoms with Crippen molar-refractivity contribution in [1.29, 1.82) is 0 Å². The monoisotopic (exact) mass is 192 g/mol. The molecule has 0 aliphatic carbocycles. The molecule has 0 bridgehead atoms. The molecule has 0 saturated heterocycles. The van der Waals surface area contributed by atoms with E-state index in [-0.39, 0.29) is 5.78 Å². The maximum Gasteiger partial charge on any atom is 0.162 e. The molecule has 1 rings (SSSR count). The summed E-state index contributed by atoms with van der Waals surface area (Å²) in [4.78, 5) is 22.0. The van der Waals surface area contributed by atoms with Gasteiger partial charge < -0.3 is 4.74 Å². The summed E-state index contributed by atoms with van der Waals surface area (Å²) in [5.74, 6) is 0.517. The zero-order valence-electron chi connectivity index (χ0n) is 8.24. The van der Waals surface area contributed by atoms with Gasteiger partial charge in [0.2, 0.25) is 0 Å². The van der Waals surface area contributed by atoms with E-state index in [1.165, 1.54) is 7.11 Å². The molecular weight excluding hydrogens is 180 g/mol. The highest BCUT2D eigenvalue weighted by atomic mass is 16.5. The number of carbonyl (C=O) groups is 2. The van der Waals surface area contributed by atoms with Crippen LogP contribution in [0.5, 0.6) is 5.75 Å². The van der Waals surface area contributed by atoms with Crippen molar-refractivity contribution in [3.63, 3.8) is 0 Å². The third-order valence-electron chi connectivity index (χ3n) is 2.00. The third kappa shape index (κ3) is 1.99. The Hall–Kier alpha value is -1.64. The second-order valence-corrected chi connectivity index (χ2v) is 2.85. The highest BCUT2D eigenvalue weighted by Gasteiger charge is 2.07. The molecule has 0 radical (unpaired) electrons. The first kappa shape index (κ1) is 10.4. The normalized spacial score (nSPS) is 9.57. The lowest BCUT2D eigenvalue weighted by Gasteiger charge is -2.04. The molecule has 0 aliphatic heterocycles. The lowest BCUT2D eigenvalue weighted by Crippen LogP contribution is -1.99. The summed E-state index contributed by atoms with van der Waals surface area (Å²) >= 11 is 0. The first-order valence-corrected chi connectivity index (χ1v) is 4.39. The second kappa shape index (κ2) is 4.56. The first-order chi connectivity index (χ1) is 6.72. The molecule has 14 heavy (non-hydrogen) atoms. The lowest BCUT2D eigenvalue weighted by molar-refractivity contribution is 0.0988. The number of ketones is 1. The van der Waals surface area contributed by atoms with Crippen molar-refractivity contribution in [2.24, 2.45) is 0 Å². The molecule has 1 aromatic rings. The summed E-state index contributed by atoms with van der Waals surface area (Å²) in [6.45, 7) is 1.78. The van der Waals surface area contributed by atoms with Crippen molar-refractivity contribution in [3.8, 4) is 5.75 Å². The van der Waals surface area contributed by atoms with Crippen molar-refractivity contribution in [1.82, 2.24) is 0 Å². The Morgan fingerprint density at radius 2 is 2.21 bits per heavy atom. The summed E-state index contributed by atoms with van der Waals surface area (Å²) in [5, 5.41) is 0. The maximum atomic E-state index is 11.3. The van der Waals surface area contributed by atoms with E-state index in [9.17, 15) is 9.59 Å². The largest absolute Gasteiger partial charge is 0.496 e. The van der Waals surface area contributed by atoms with Gasteiger partial charge in [-0.25, -0.2) is 0 Å². The van der Waals surface area contributed by atoms with Gasteiger partial charge in [0.1, 0.15) is 5.75 Å². The van der Waals surface area contributed by atoms with E-state index >= 15 is 0 Å². The smallest absolute Gasteiger partial charge is 0.162 e. The Bertz CT molecular complexity index is 356. The molecule has 0 fully saturated rings. The number of ether oxygens (including phenoxy) is 1. The summed E-state index contributed by atoms with van der Waals surface area (Å²) in [5.41, 5.74) is 0.960. The standard InChI is InChI=1S/C11H12O3/c1-3-10(13)8-4-5-11(14-2)9(6-8)7-12/h4-7H,3H2,1-2H3. The average molecular weight is 192 g/mol. The van der Waals surface area contributed by atoms with Crippen LogP contribution >= 0.6 is 0 Å². The summed E-state index contributed by atoms with van der Waals surface area (Å²) in [7, 11) is 1.49. The highest BCUT2D eigenvalue weighted by molar-refractivity contribution is 5.97. The van der Waals surface area contributed by atoms with Gasteiger partial charge in [-0.15, -0.1) is 0 Å². The molecule has 0 N–H and O–H groups in total. The molecule has 0 heterocycles. The van der Waals surface area contributed by atoms with Crippen LogP contribution in [0.25, 0.3) is 0 Å². The second-order valence-electron chi connectivity index (χ2n) is 2.85. The maximum absolute atomic E-state index is 11.3.